The molecule has 4 fully saturated rings. The zero-order valence-corrected chi connectivity index (χ0v) is 23.1. The molecule has 2 atom stereocenters. The number of halogens is 4. The first-order chi connectivity index (χ1) is 20.2. The number of piperidine rings is 2. The Morgan fingerprint density at radius 1 is 1.17 bits per heavy atom. The Morgan fingerprint density at radius 3 is 2.64 bits per heavy atom. The molecule has 0 amide bonds. The van der Waals surface area contributed by atoms with Crippen LogP contribution >= 0.6 is 11.3 Å². The van der Waals surface area contributed by atoms with Gasteiger partial charge in [-0.1, -0.05) is 28.6 Å². The van der Waals surface area contributed by atoms with Crippen molar-refractivity contribution in [3.8, 4) is 17.0 Å². The molecule has 2 aromatic heterocycles. The van der Waals surface area contributed by atoms with Crippen LogP contribution in [0.1, 0.15) is 46.9 Å². The predicted octanol–water partition coefficient (Wildman–Crippen LogP) is 6.69. The quantitative estimate of drug-likeness (QED) is 0.163. The minimum Gasteiger partial charge on any atom is -0.465 e. The van der Waals surface area contributed by atoms with Crippen LogP contribution in [0, 0.1) is 17.7 Å². The second kappa shape index (κ2) is 10.2. The van der Waals surface area contributed by atoms with E-state index in [4.69, 9.17) is 14.0 Å². The number of methoxy groups -OCH3 is 1. The lowest BCUT2D eigenvalue weighted by molar-refractivity contribution is -0.274. The van der Waals surface area contributed by atoms with Gasteiger partial charge in [0.25, 0.3) is 0 Å². The molecule has 13 heteroatoms. The van der Waals surface area contributed by atoms with Crippen LogP contribution in [0.25, 0.3) is 21.5 Å². The van der Waals surface area contributed by atoms with E-state index < -0.39 is 18.1 Å². The number of hydrogen-bond donors (Lipinski definition) is 0. The maximum Gasteiger partial charge on any atom is 0.573 e. The lowest BCUT2D eigenvalue weighted by Crippen LogP contribution is -2.59. The molecule has 2 saturated carbocycles. The fourth-order valence-electron chi connectivity index (χ4n) is 6.01. The van der Waals surface area contributed by atoms with Crippen LogP contribution in [-0.2, 0) is 16.1 Å². The van der Waals surface area contributed by atoms with Gasteiger partial charge in [-0.05, 0) is 43.5 Å². The average Bonchev–Trinajstić information content (AvgIpc) is 3.57. The van der Waals surface area contributed by atoms with E-state index in [1.165, 1.54) is 36.6 Å². The van der Waals surface area contributed by atoms with Gasteiger partial charge in [0.2, 0.25) is 0 Å². The molecule has 8 rings (SSSR count). The molecule has 2 aliphatic heterocycles. The van der Waals surface area contributed by atoms with E-state index >= 15 is 0 Å². The summed E-state index contributed by atoms with van der Waals surface area (Å²) in [6, 6.07) is 8.62. The molecule has 2 aliphatic carbocycles. The number of rotatable bonds is 8. The van der Waals surface area contributed by atoms with Gasteiger partial charge in [0, 0.05) is 42.0 Å². The van der Waals surface area contributed by atoms with Crippen molar-refractivity contribution in [2.45, 2.75) is 44.3 Å². The molecule has 4 heterocycles. The van der Waals surface area contributed by atoms with Gasteiger partial charge in [0.1, 0.15) is 22.7 Å². The van der Waals surface area contributed by atoms with Crippen LogP contribution in [0.3, 0.4) is 0 Å². The van der Waals surface area contributed by atoms with Gasteiger partial charge >= 0.3 is 12.3 Å². The van der Waals surface area contributed by atoms with Gasteiger partial charge in [-0.15, -0.1) is 13.2 Å². The van der Waals surface area contributed by atoms with Crippen LogP contribution in [0.15, 0.2) is 40.9 Å². The Balaban J connectivity index is 1.08. The SMILES string of the molecule is COC(=O)c1cc(F)c2nc(N3CC4CC(C3)C4OCc3c(-c4ccccc4OC(F)(F)F)noc3C3CC3)sc2c1. The standard InChI is InChI=1S/C29H25F4N3O5S/c1-38-27(37)15-9-20(30)24-22(10-15)42-28(34-24)36-11-16-8-17(12-36)25(16)39-13-19-23(35-41-26(19)14-6-7-14)18-4-2-3-5-21(18)40-29(31,32)33/h2-5,9-10,14,16-17,25H,6-8,11-13H2,1H3. The molecule has 42 heavy (non-hydrogen) atoms. The average molecular weight is 604 g/mol. The smallest absolute Gasteiger partial charge is 0.465 e. The number of carbonyl (C=O) groups excluding carboxylic acids is 1. The number of hydrogen-bond acceptors (Lipinski definition) is 9. The summed E-state index contributed by atoms with van der Waals surface area (Å²) in [6.07, 6.45) is -2.06. The maximum absolute atomic E-state index is 14.7. The number of aromatic nitrogens is 2. The molecule has 2 bridgehead atoms. The molecule has 2 aromatic carbocycles. The highest BCUT2D eigenvalue weighted by Gasteiger charge is 2.48. The predicted molar refractivity (Wildman–Crippen MR) is 144 cm³/mol. The number of nitrogens with zero attached hydrogens (tertiary/aromatic N) is 3. The zero-order valence-electron chi connectivity index (χ0n) is 22.3. The van der Waals surface area contributed by atoms with Gasteiger partial charge in [0.05, 0.1) is 30.1 Å². The van der Waals surface area contributed by atoms with E-state index in [9.17, 15) is 22.4 Å². The highest BCUT2D eigenvalue weighted by Crippen LogP contribution is 2.48. The Kier molecular flexibility index (Phi) is 6.61. The second-order valence-corrected chi connectivity index (χ2v) is 11.9. The Hall–Kier alpha value is -3.71. The number of fused-ring (bicyclic) bond motifs is 3. The summed E-state index contributed by atoms with van der Waals surface area (Å²) < 4.78 is 75.5. The number of esters is 1. The maximum atomic E-state index is 14.7. The summed E-state index contributed by atoms with van der Waals surface area (Å²) in [5, 5.41) is 4.84. The van der Waals surface area contributed by atoms with Gasteiger partial charge < -0.3 is 23.6 Å². The number of alkyl halides is 3. The Morgan fingerprint density at radius 2 is 1.93 bits per heavy atom. The monoisotopic (exact) mass is 603 g/mol. The molecule has 4 aliphatic rings. The molecule has 4 aromatic rings. The van der Waals surface area contributed by atoms with E-state index in [0.717, 1.165) is 25.3 Å². The Labute approximate surface area is 241 Å². The molecular formula is C29H25F4N3O5S. The van der Waals surface area contributed by atoms with Crippen molar-refractivity contribution in [1.29, 1.82) is 0 Å². The van der Waals surface area contributed by atoms with Crippen molar-refractivity contribution >= 4 is 32.7 Å². The molecular weight excluding hydrogens is 578 g/mol. The van der Waals surface area contributed by atoms with Gasteiger partial charge in [-0.3, -0.25) is 0 Å². The third-order valence-electron chi connectivity index (χ3n) is 8.13. The highest BCUT2D eigenvalue weighted by molar-refractivity contribution is 7.22. The van der Waals surface area contributed by atoms with E-state index in [-0.39, 0.29) is 52.9 Å². The third-order valence-corrected chi connectivity index (χ3v) is 9.19. The first kappa shape index (κ1) is 27.1. The second-order valence-electron chi connectivity index (χ2n) is 10.9. The van der Waals surface area contributed by atoms with E-state index in [1.54, 1.807) is 12.1 Å². The molecule has 0 N–H and O–H groups in total. The molecule has 0 radical (unpaired) electrons. The Bertz CT molecular complexity index is 1650. The van der Waals surface area contributed by atoms with Crippen molar-refractivity contribution < 1.29 is 41.1 Å². The number of anilines is 1. The lowest BCUT2D eigenvalue weighted by atomic mass is 9.68. The van der Waals surface area contributed by atoms with Gasteiger partial charge in [0.15, 0.2) is 10.9 Å². The molecule has 220 valence electrons. The third kappa shape index (κ3) is 4.98. The number of benzene rings is 2. The number of carbonyl (C=O) groups is 1. The van der Waals surface area contributed by atoms with Crippen LogP contribution in [0.2, 0.25) is 0 Å². The number of thiazole rings is 1. The topological polar surface area (TPSA) is 86.9 Å². The van der Waals surface area contributed by atoms with E-state index in [1.807, 2.05) is 0 Å². The van der Waals surface area contributed by atoms with Crippen LogP contribution < -0.4 is 9.64 Å². The molecule has 2 unspecified atom stereocenters. The molecule has 0 spiro atoms. The summed E-state index contributed by atoms with van der Waals surface area (Å²) in [6.45, 7) is 1.49. The van der Waals surface area contributed by atoms with E-state index in [0.29, 0.717) is 39.9 Å². The summed E-state index contributed by atoms with van der Waals surface area (Å²) in [7, 11) is 1.25. The van der Waals surface area contributed by atoms with Crippen molar-refractivity contribution in [1.82, 2.24) is 10.1 Å². The van der Waals surface area contributed by atoms with Crippen molar-refractivity contribution in [3.63, 3.8) is 0 Å². The van der Waals surface area contributed by atoms with Gasteiger partial charge in [-0.2, -0.15) is 0 Å². The normalized spacial score (nSPS) is 21.8. The van der Waals surface area contributed by atoms with Crippen molar-refractivity contribution in [2.24, 2.45) is 11.8 Å². The number of ether oxygens (including phenoxy) is 3. The lowest BCUT2D eigenvalue weighted by Gasteiger charge is -2.53. The highest BCUT2D eigenvalue weighted by atomic mass is 32.1. The first-order valence-electron chi connectivity index (χ1n) is 13.6. The minimum atomic E-state index is -4.84. The van der Waals surface area contributed by atoms with Gasteiger partial charge in [-0.25, -0.2) is 14.2 Å². The summed E-state index contributed by atoms with van der Waals surface area (Å²) in [5.74, 6) is -0.278. The first-order valence-corrected chi connectivity index (χ1v) is 14.4. The van der Waals surface area contributed by atoms with Crippen LogP contribution in [0.4, 0.5) is 22.7 Å². The van der Waals surface area contributed by atoms with E-state index in [2.05, 4.69) is 19.8 Å². The fourth-order valence-corrected chi connectivity index (χ4v) is 7.05. The van der Waals surface area contributed by atoms with Crippen molar-refractivity contribution in [2.75, 3.05) is 25.1 Å². The fraction of sp³-hybridized carbons (Fsp3) is 0.414. The number of para-hydroxylation sites is 1. The minimum absolute atomic E-state index is 0.0465. The summed E-state index contributed by atoms with van der Waals surface area (Å²) in [5.41, 5.74) is 1.50. The van der Waals surface area contributed by atoms with Crippen LogP contribution in [-0.4, -0.2) is 48.8 Å². The molecule has 8 nitrogen and oxygen atoms in total. The largest absolute Gasteiger partial charge is 0.573 e. The van der Waals surface area contributed by atoms with Crippen LogP contribution in [0.5, 0.6) is 5.75 Å². The molecule has 2 saturated heterocycles. The van der Waals surface area contributed by atoms with Crippen molar-refractivity contribution in [3.05, 3.63) is 59.1 Å². The zero-order chi connectivity index (χ0) is 29.2. The summed E-state index contributed by atoms with van der Waals surface area (Å²) >= 11 is 1.33. The summed E-state index contributed by atoms with van der Waals surface area (Å²) in [4.78, 5) is 18.5.